The van der Waals surface area contributed by atoms with Crippen molar-refractivity contribution in [1.29, 1.82) is 0 Å². The minimum atomic E-state index is -0.0302. The first-order valence-corrected chi connectivity index (χ1v) is 5.84. The molecule has 0 fully saturated rings. The Morgan fingerprint density at radius 2 is 2.22 bits per heavy atom. The van der Waals surface area contributed by atoms with Gasteiger partial charge in [-0.15, -0.1) is 0 Å². The molecule has 0 radical (unpaired) electrons. The smallest absolute Gasteiger partial charge is 0.228 e. The van der Waals surface area contributed by atoms with Crippen LogP contribution in [0.15, 0.2) is 18.2 Å². The van der Waals surface area contributed by atoms with Gasteiger partial charge in [-0.3, -0.25) is 9.48 Å². The van der Waals surface area contributed by atoms with Gasteiger partial charge in [0.05, 0.1) is 17.8 Å². The second-order valence-corrected chi connectivity index (χ2v) is 4.73. The van der Waals surface area contributed by atoms with Gasteiger partial charge in [0, 0.05) is 23.7 Å². The maximum Gasteiger partial charge on any atom is 0.228 e. The van der Waals surface area contributed by atoms with Gasteiger partial charge >= 0.3 is 0 Å². The number of anilines is 2. The number of carbonyl (C=O) groups is 1. The third-order valence-electron chi connectivity index (χ3n) is 2.99. The molecule has 0 aliphatic carbocycles. The predicted molar refractivity (Wildman–Crippen MR) is 70.4 cm³/mol. The number of nitrogen functional groups attached to an aromatic ring is 1. The van der Waals surface area contributed by atoms with E-state index in [1.54, 1.807) is 29.9 Å². The van der Waals surface area contributed by atoms with Crippen molar-refractivity contribution in [3.05, 3.63) is 28.8 Å². The first-order chi connectivity index (χ1) is 8.54. The average Bonchev–Trinajstić information content (AvgIpc) is 2.81. The first-order valence-electron chi connectivity index (χ1n) is 5.47. The van der Waals surface area contributed by atoms with E-state index in [0.717, 1.165) is 16.8 Å². The Balaban J connectivity index is 2.21. The molecule has 1 aromatic carbocycles. The van der Waals surface area contributed by atoms with Gasteiger partial charge in [-0.2, -0.15) is 5.10 Å². The van der Waals surface area contributed by atoms with E-state index in [1.807, 2.05) is 0 Å². The summed E-state index contributed by atoms with van der Waals surface area (Å²) in [6, 6.07) is 5.34. The summed E-state index contributed by atoms with van der Waals surface area (Å²) in [4.78, 5) is 11.5. The number of aromatic nitrogens is 2. The van der Waals surface area contributed by atoms with E-state index in [4.69, 9.17) is 17.3 Å². The molecule has 0 atom stereocenters. The zero-order chi connectivity index (χ0) is 12.9. The summed E-state index contributed by atoms with van der Waals surface area (Å²) in [6.07, 6.45) is 0.352. The topological polar surface area (TPSA) is 72.9 Å². The number of hydrogen-bond donors (Lipinski definition) is 2. The number of rotatable bonds is 1. The Labute approximate surface area is 109 Å². The van der Waals surface area contributed by atoms with Crippen LogP contribution in [0.3, 0.4) is 0 Å². The second kappa shape index (κ2) is 3.74. The van der Waals surface area contributed by atoms with E-state index in [0.29, 0.717) is 23.0 Å². The van der Waals surface area contributed by atoms with Gasteiger partial charge in [0.25, 0.3) is 0 Å². The van der Waals surface area contributed by atoms with E-state index in [2.05, 4.69) is 10.4 Å². The van der Waals surface area contributed by atoms with Crippen LogP contribution in [0.5, 0.6) is 0 Å². The lowest BCUT2D eigenvalue weighted by atomic mass is 10.1. The van der Waals surface area contributed by atoms with Crippen molar-refractivity contribution < 1.29 is 4.79 Å². The van der Waals surface area contributed by atoms with E-state index in [9.17, 15) is 4.79 Å². The number of carbonyl (C=O) groups excluding carboxylic acids is 1. The minimum absolute atomic E-state index is 0.0302. The van der Waals surface area contributed by atoms with Gasteiger partial charge in [-0.1, -0.05) is 11.6 Å². The minimum Gasteiger partial charge on any atom is -0.384 e. The molecule has 1 aromatic heterocycles. The van der Waals surface area contributed by atoms with Crippen LogP contribution in [0.4, 0.5) is 11.5 Å². The molecule has 0 spiro atoms. The number of benzene rings is 1. The maximum absolute atomic E-state index is 11.5. The zero-order valence-corrected chi connectivity index (χ0v) is 10.5. The number of hydrogen-bond acceptors (Lipinski definition) is 3. The summed E-state index contributed by atoms with van der Waals surface area (Å²) in [5.41, 5.74) is 8.95. The number of nitrogens with one attached hydrogen (secondary N) is 1. The lowest BCUT2D eigenvalue weighted by Crippen LogP contribution is -2.04. The SMILES string of the molecule is Cn1nc(-c2cc(Cl)cc3c2NC(=O)C3)cc1N. The molecule has 6 heteroatoms. The Hall–Kier alpha value is -2.01. The molecule has 1 aliphatic heterocycles. The summed E-state index contributed by atoms with van der Waals surface area (Å²) in [7, 11) is 1.77. The zero-order valence-electron chi connectivity index (χ0n) is 9.70. The first kappa shape index (κ1) is 11.1. The highest BCUT2D eigenvalue weighted by atomic mass is 35.5. The summed E-state index contributed by atoms with van der Waals surface area (Å²) < 4.78 is 1.58. The Bertz CT molecular complexity index is 643. The van der Waals surface area contributed by atoms with Crippen molar-refractivity contribution >= 4 is 29.0 Å². The van der Waals surface area contributed by atoms with Crippen LogP contribution in [0.2, 0.25) is 5.02 Å². The number of nitrogens with two attached hydrogens (primary N) is 1. The van der Waals surface area contributed by atoms with E-state index >= 15 is 0 Å². The van der Waals surface area contributed by atoms with Gasteiger partial charge in [0.15, 0.2) is 0 Å². The molecule has 2 heterocycles. The maximum atomic E-state index is 11.5. The summed E-state index contributed by atoms with van der Waals surface area (Å²) >= 11 is 6.07. The Morgan fingerprint density at radius 1 is 1.44 bits per heavy atom. The molecule has 1 amide bonds. The van der Waals surface area contributed by atoms with Crippen molar-refractivity contribution in [1.82, 2.24) is 9.78 Å². The molecule has 0 saturated heterocycles. The molecule has 2 aromatic rings. The number of amides is 1. The lowest BCUT2D eigenvalue weighted by molar-refractivity contribution is -0.115. The molecule has 0 unspecified atom stereocenters. The van der Waals surface area contributed by atoms with Crippen LogP contribution >= 0.6 is 11.6 Å². The number of fused-ring (bicyclic) bond motifs is 1. The van der Waals surface area contributed by atoms with E-state index in [1.165, 1.54) is 0 Å². The monoisotopic (exact) mass is 262 g/mol. The second-order valence-electron chi connectivity index (χ2n) is 4.29. The largest absolute Gasteiger partial charge is 0.384 e. The van der Waals surface area contributed by atoms with Gasteiger partial charge in [0.1, 0.15) is 5.82 Å². The third kappa shape index (κ3) is 1.64. The van der Waals surface area contributed by atoms with Gasteiger partial charge < -0.3 is 11.1 Å². The number of aryl methyl sites for hydroxylation is 1. The normalized spacial score (nSPS) is 13.6. The fraction of sp³-hybridized carbons (Fsp3) is 0.167. The van der Waals surface area contributed by atoms with Crippen LogP contribution in [0, 0.1) is 0 Å². The fourth-order valence-electron chi connectivity index (χ4n) is 2.12. The lowest BCUT2D eigenvalue weighted by Gasteiger charge is -2.06. The van der Waals surface area contributed by atoms with Crippen LogP contribution in [0.25, 0.3) is 11.3 Å². The third-order valence-corrected chi connectivity index (χ3v) is 3.21. The van der Waals surface area contributed by atoms with Gasteiger partial charge in [0.2, 0.25) is 5.91 Å². The highest BCUT2D eigenvalue weighted by Crippen LogP contribution is 2.37. The molecular formula is C12H11ClN4O. The van der Waals surface area contributed by atoms with Crippen molar-refractivity contribution in [2.45, 2.75) is 6.42 Å². The molecule has 18 heavy (non-hydrogen) atoms. The van der Waals surface area contributed by atoms with Crippen LogP contribution in [-0.2, 0) is 18.3 Å². The van der Waals surface area contributed by atoms with E-state index < -0.39 is 0 Å². The molecule has 0 bridgehead atoms. The average molecular weight is 263 g/mol. The molecule has 92 valence electrons. The van der Waals surface area contributed by atoms with Crippen molar-refractivity contribution in [3.8, 4) is 11.3 Å². The van der Waals surface area contributed by atoms with Crippen molar-refractivity contribution in [2.75, 3.05) is 11.1 Å². The molecule has 5 nitrogen and oxygen atoms in total. The molecule has 1 aliphatic rings. The highest BCUT2D eigenvalue weighted by Gasteiger charge is 2.23. The van der Waals surface area contributed by atoms with Crippen LogP contribution in [-0.4, -0.2) is 15.7 Å². The Morgan fingerprint density at radius 3 is 2.89 bits per heavy atom. The molecule has 0 saturated carbocycles. The number of nitrogens with zero attached hydrogens (tertiary/aromatic N) is 2. The van der Waals surface area contributed by atoms with Crippen molar-refractivity contribution in [2.24, 2.45) is 7.05 Å². The Kier molecular flexibility index (Phi) is 2.31. The molecule has 3 rings (SSSR count). The quantitative estimate of drug-likeness (QED) is 0.823. The van der Waals surface area contributed by atoms with Crippen LogP contribution in [0.1, 0.15) is 5.56 Å². The van der Waals surface area contributed by atoms with Crippen molar-refractivity contribution in [3.63, 3.8) is 0 Å². The van der Waals surface area contributed by atoms with E-state index in [-0.39, 0.29) is 5.91 Å². The number of halogens is 1. The van der Waals surface area contributed by atoms with Crippen LogP contribution < -0.4 is 11.1 Å². The van der Waals surface area contributed by atoms with Gasteiger partial charge in [-0.25, -0.2) is 0 Å². The standard InChI is InChI=1S/C12H11ClN4O/c1-17-10(14)5-9(16-17)8-4-7(13)2-6-3-11(18)15-12(6)8/h2,4-5H,3,14H2,1H3,(H,15,18). The summed E-state index contributed by atoms with van der Waals surface area (Å²) in [5, 5.41) is 7.73. The molecule has 3 N–H and O–H groups in total. The summed E-state index contributed by atoms with van der Waals surface area (Å²) in [6.45, 7) is 0. The summed E-state index contributed by atoms with van der Waals surface area (Å²) in [5.74, 6) is 0.528. The fourth-order valence-corrected chi connectivity index (χ4v) is 2.36. The molecular weight excluding hydrogens is 252 g/mol. The predicted octanol–water partition coefficient (Wildman–Crippen LogP) is 1.82. The van der Waals surface area contributed by atoms with Gasteiger partial charge in [-0.05, 0) is 17.7 Å². The highest BCUT2D eigenvalue weighted by molar-refractivity contribution is 6.31.